The number of amides is 1. The fourth-order valence-corrected chi connectivity index (χ4v) is 1.84. The van der Waals surface area contributed by atoms with Crippen LogP contribution in [-0.4, -0.2) is 38.6 Å². The summed E-state index contributed by atoms with van der Waals surface area (Å²) in [6.45, 7) is 6.07. The van der Waals surface area contributed by atoms with Crippen molar-refractivity contribution in [3.8, 4) is 5.75 Å². The maximum atomic E-state index is 11.6. The van der Waals surface area contributed by atoms with E-state index >= 15 is 0 Å². The first-order valence-corrected chi connectivity index (χ1v) is 7.63. The topological polar surface area (TPSA) is 74.8 Å². The number of para-hydroxylation sites is 1. The molecule has 1 rings (SSSR count). The summed E-state index contributed by atoms with van der Waals surface area (Å²) in [5.74, 6) is 1.39. The molecule has 0 bridgehead atoms. The largest absolute Gasteiger partial charge is 0.494 e. The van der Waals surface area contributed by atoms with Crippen LogP contribution in [0.2, 0.25) is 0 Å². The van der Waals surface area contributed by atoms with Gasteiger partial charge in [0.05, 0.1) is 13.2 Å². The number of nitrogens with zero attached hydrogens (tertiary/aromatic N) is 1. The third-order valence-corrected chi connectivity index (χ3v) is 2.93. The SMILES string of the molecule is CCCNC(=O)CNC(=NC)NCc1ccccc1OCC.I. The Morgan fingerprint density at radius 2 is 1.91 bits per heavy atom. The zero-order valence-corrected chi connectivity index (χ0v) is 16.3. The van der Waals surface area contributed by atoms with E-state index in [0.29, 0.717) is 25.7 Å². The van der Waals surface area contributed by atoms with Crippen molar-refractivity contribution in [1.82, 2.24) is 16.0 Å². The summed E-state index contributed by atoms with van der Waals surface area (Å²) in [5, 5.41) is 8.97. The minimum Gasteiger partial charge on any atom is -0.494 e. The third kappa shape index (κ3) is 8.63. The quantitative estimate of drug-likeness (QED) is 0.332. The first-order valence-electron chi connectivity index (χ1n) is 7.63. The van der Waals surface area contributed by atoms with Gasteiger partial charge in [0.25, 0.3) is 0 Å². The number of rotatable bonds is 8. The van der Waals surface area contributed by atoms with Crippen LogP contribution in [0.4, 0.5) is 0 Å². The second-order valence-electron chi connectivity index (χ2n) is 4.67. The number of nitrogens with one attached hydrogen (secondary N) is 3. The van der Waals surface area contributed by atoms with Gasteiger partial charge in [-0.3, -0.25) is 9.79 Å². The van der Waals surface area contributed by atoms with Crippen molar-refractivity contribution >= 4 is 35.8 Å². The van der Waals surface area contributed by atoms with Crippen LogP contribution in [-0.2, 0) is 11.3 Å². The standard InChI is InChI=1S/C16H26N4O2.HI/c1-4-10-18-15(21)12-20-16(17-3)19-11-13-8-6-7-9-14(13)22-5-2;/h6-9H,4-5,10-12H2,1-3H3,(H,18,21)(H2,17,19,20);1H. The minimum absolute atomic E-state index is 0. The van der Waals surface area contributed by atoms with Crippen LogP contribution in [0.1, 0.15) is 25.8 Å². The molecule has 0 aliphatic rings. The Morgan fingerprint density at radius 1 is 1.17 bits per heavy atom. The van der Waals surface area contributed by atoms with Gasteiger partial charge in [0.15, 0.2) is 5.96 Å². The molecule has 1 aromatic rings. The van der Waals surface area contributed by atoms with Gasteiger partial charge in [0, 0.05) is 25.7 Å². The Hall–Kier alpha value is -1.51. The van der Waals surface area contributed by atoms with Gasteiger partial charge in [0.2, 0.25) is 5.91 Å². The Balaban J connectivity index is 0.00000484. The predicted molar refractivity (Wildman–Crippen MR) is 105 cm³/mol. The molecule has 1 aromatic carbocycles. The van der Waals surface area contributed by atoms with E-state index in [-0.39, 0.29) is 36.4 Å². The summed E-state index contributed by atoms with van der Waals surface area (Å²) in [4.78, 5) is 15.7. The van der Waals surface area contributed by atoms with Gasteiger partial charge < -0.3 is 20.7 Å². The molecule has 1 amide bonds. The molecular formula is C16H27IN4O2. The molecule has 0 aliphatic heterocycles. The van der Waals surface area contributed by atoms with Crippen molar-refractivity contribution in [2.75, 3.05) is 26.7 Å². The highest BCUT2D eigenvalue weighted by molar-refractivity contribution is 14.0. The number of carbonyl (C=O) groups is 1. The highest BCUT2D eigenvalue weighted by Gasteiger charge is 2.05. The van der Waals surface area contributed by atoms with E-state index in [1.54, 1.807) is 7.05 Å². The first-order chi connectivity index (χ1) is 10.7. The number of aliphatic imine (C=N–C) groups is 1. The highest BCUT2D eigenvalue weighted by atomic mass is 127. The molecule has 6 nitrogen and oxygen atoms in total. The Morgan fingerprint density at radius 3 is 2.57 bits per heavy atom. The lowest BCUT2D eigenvalue weighted by Gasteiger charge is -2.14. The molecule has 7 heteroatoms. The molecule has 0 aliphatic carbocycles. The normalized spacial score (nSPS) is 10.5. The molecule has 0 aromatic heterocycles. The predicted octanol–water partition coefficient (Wildman–Crippen LogP) is 1.89. The lowest BCUT2D eigenvalue weighted by atomic mass is 10.2. The minimum atomic E-state index is -0.0421. The van der Waals surface area contributed by atoms with Crippen molar-refractivity contribution < 1.29 is 9.53 Å². The van der Waals surface area contributed by atoms with Crippen molar-refractivity contribution in [1.29, 1.82) is 0 Å². The number of benzene rings is 1. The molecule has 3 N–H and O–H groups in total. The second-order valence-corrected chi connectivity index (χ2v) is 4.67. The van der Waals surface area contributed by atoms with E-state index in [0.717, 1.165) is 17.7 Å². The van der Waals surface area contributed by atoms with Gasteiger partial charge in [-0.15, -0.1) is 24.0 Å². The van der Waals surface area contributed by atoms with E-state index in [1.807, 2.05) is 38.1 Å². The third-order valence-electron chi connectivity index (χ3n) is 2.93. The fourth-order valence-electron chi connectivity index (χ4n) is 1.84. The maximum absolute atomic E-state index is 11.6. The second kappa shape index (κ2) is 13.0. The lowest BCUT2D eigenvalue weighted by molar-refractivity contribution is -0.120. The summed E-state index contributed by atoms with van der Waals surface area (Å²) in [6, 6.07) is 7.85. The van der Waals surface area contributed by atoms with E-state index in [9.17, 15) is 4.79 Å². The Kier molecular flexibility index (Phi) is 12.1. The van der Waals surface area contributed by atoms with Crippen molar-refractivity contribution in [3.05, 3.63) is 29.8 Å². The zero-order chi connectivity index (χ0) is 16.2. The van der Waals surface area contributed by atoms with Gasteiger partial charge in [-0.2, -0.15) is 0 Å². The number of guanidine groups is 1. The number of ether oxygens (including phenoxy) is 1. The van der Waals surface area contributed by atoms with E-state index < -0.39 is 0 Å². The molecule has 23 heavy (non-hydrogen) atoms. The van der Waals surface area contributed by atoms with Crippen LogP contribution < -0.4 is 20.7 Å². The van der Waals surface area contributed by atoms with Crippen LogP contribution in [0.25, 0.3) is 0 Å². The van der Waals surface area contributed by atoms with Gasteiger partial charge in [-0.05, 0) is 19.4 Å². The number of carbonyl (C=O) groups excluding carboxylic acids is 1. The summed E-state index contributed by atoms with van der Waals surface area (Å²) in [7, 11) is 1.67. The van der Waals surface area contributed by atoms with E-state index in [2.05, 4.69) is 20.9 Å². The Bertz CT molecular complexity index is 495. The summed E-state index contributed by atoms with van der Waals surface area (Å²) < 4.78 is 5.58. The van der Waals surface area contributed by atoms with Gasteiger partial charge in [-0.1, -0.05) is 25.1 Å². The molecule has 0 heterocycles. The fraction of sp³-hybridized carbons (Fsp3) is 0.500. The molecule has 0 radical (unpaired) electrons. The van der Waals surface area contributed by atoms with Crippen molar-refractivity contribution in [2.45, 2.75) is 26.8 Å². The monoisotopic (exact) mass is 434 g/mol. The summed E-state index contributed by atoms with van der Waals surface area (Å²) >= 11 is 0. The molecule has 0 spiro atoms. The van der Waals surface area contributed by atoms with E-state index in [1.165, 1.54) is 0 Å². The average molecular weight is 434 g/mol. The first kappa shape index (κ1) is 21.5. The van der Waals surface area contributed by atoms with Gasteiger partial charge in [-0.25, -0.2) is 0 Å². The van der Waals surface area contributed by atoms with E-state index in [4.69, 9.17) is 4.74 Å². The molecule has 0 saturated carbocycles. The molecule has 0 saturated heterocycles. The van der Waals surface area contributed by atoms with Crippen molar-refractivity contribution in [3.63, 3.8) is 0 Å². The van der Waals surface area contributed by atoms with Gasteiger partial charge >= 0.3 is 0 Å². The van der Waals surface area contributed by atoms with Crippen molar-refractivity contribution in [2.24, 2.45) is 4.99 Å². The maximum Gasteiger partial charge on any atom is 0.239 e. The molecule has 0 fully saturated rings. The molecular weight excluding hydrogens is 407 g/mol. The zero-order valence-electron chi connectivity index (χ0n) is 14.0. The molecule has 130 valence electrons. The summed E-state index contributed by atoms with van der Waals surface area (Å²) in [5.41, 5.74) is 1.04. The smallest absolute Gasteiger partial charge is 0.239 e. The van der Waals surface area contributed by atoms with Crippen LogP contribution >= 0.6 is 24.0 Å². The number of hydrogen-bond donors (Lipinski definition) is 3. The van der Waals surface area contributed by atoms with Gasteiger partial charge in [0.1, 0.15) is 5.75 Å². The highest BCUT2D eigenvalue weighted by Crippen LogP contribution is 2.17. The number of hydrogen-bond acceptors (Lipinski definition) is 3. The van der Waals surface area contributed by atoms with Crippen LogP contribution in [0.15, 0.2) is 29.3 Å². The average Bonchev–Trinajstić information content (AvgIpc) is 2.54. The van der Waals surface area contributed by atoms with Crippen LogP contribution in [0.5, 0.6) is 5.75 Å². The number of halogens is 1. The van der Waals surface area contributed by atoms with Crippen LogP contribution in [0, 0.1) is 0 Å². The van der Waals surface area contributed by atoms with Crippen LogP contribution in [0.3, 0.4) is 0 Å². The summed E-state index contributed by atoms with van der Waals surface area (Å²) in [6.07, 6.45) is 0.924. The lowest BCUT2D eigenvalue weighted by Crippen LogP contribution is -2.43. The Labute approximate surface area is 155 Å². The molecule has 0 unspecified atom stereocenters. The molecule has 0 atom stereocenters.